The monoisotopic (exact) mass is 239 g/mol. The highest BCUT2D eigenvalue weighted by molar-refractivity contribution is 5.81. The van der Waals surface area contributed by atoms with E-state index < -0.39 is 17.1 Å². The molecular weight excluding hydrogens is 218 g/mol. The van der Waals surface area contributed by atoms with Gasteiger partial charge in [-0.25, -0.2) is 9.59 Å². The van der Waals surface area contributed by atoms with Crippen molar-refractivity contribution in [2.24, 2.45) is 4.99 Å². The molecule has 0 amide bonds. The van der Waals surface area contributed by atoms with Crippen molar-refractivity contribution in [3.8, 4) is 0 Å². The van der Waals surface area contributed by atoms with Crippen LogP contribution in [0.3, 0.4) is 0 Å². The number of aliphatic imine (C=N–C) groups is 1. The van der Waals surface area contributed by atoms with Crippen molar-refractivity contribution in [2.75, 3.05) is 0 Å². The number of nitrogens with zero attached hydrogens (tertiary/aromatic N) is 1. The first-order valence-electron chi connectivity index (χ1n) is 5.79. The molecule has 96 valence electrons. The molecule has 17 heavy (non-hydrogen) atoms. The fraction of sp³-hybridized carbons (Fsp3) is 0.692. The average Bonchev–Trinajstić information content (AvgIpc) is 2.29. The molecule has 2 unspecified atom stereocenters. The van der Waals surface area contributed by atoms with Crippen LogP contribution in [0.1, 0.15) is 47.0 Å². The number of hydrogen-bond donors (Lipinski definition) is 0. The molecule has 0 aromatic carbocycles. The second-order valence-corrected chi connectivity index (χ2v) is 4.66. The smallest absolute Gasteiger partial charge is 0.330 e. The summed E-state index contributed by atoms with van der Waals surface area (Å²) >= 11 is 0. The van der Waals surface area contributed by atoms with E-state index in [-0.39, 0.29) is 0 Å². The van der Waals surface area contributed by atoms with Crippen LogP contribution in [0, 0.1) is 0 Å². The zero-order valence-electron chi connectivity index (χ0n) is 11.1. The Morgan fingerprint density at radius 3 is 2.35 bits per heavy atom. The largest absolute Gasteiger partial charge is 0.456 e. The minimum Gasteiger partial charge on any atom is -0.456 e. The molecule has 0 bridgehead atoms. The molecule has 0 heterocycles. The van der Waals surface area contributed by atoms with Gasteiger partial charge in [0.05, 0.1) is 5.54 Å². The molecule has 0 aromatic heterocycles. The number of hydrogen-bond acceptors (Lipinski definition) is 4. The molecule has 0 aliphatic carbocycles. The second-order valence-electron chi connectivity index (χ2n) is 4.66. The lowest BCUT2D eigenvalue weighted by Crippen LogP contribution is -2.39. The molecule has 4 nitrogen and oxygen atoms in total. The van der Waals surface area contributed by atoms with Gasteiger partial charge in [-0.3, -0.25) is 0 Å². The highest BCUT2D eigenvalue weighted by atomic mass is 16.6. The fourth-order valence-electron chi connectivity index (χ4n) is 1.68. The van der Waals surface area contributed by atoms with Crippen molar-refractivity contribution in [3.63, 3.8) is 0 Å². The molecule has 0 aliphatic rings. The maximum atomic E-state index is 11.3. The van der Waals surface area contributed by atoms with Crippen molar-refractivity contribution >= 4 is 12.0 Å². The van der Waals surface area contributed by atoms with Crippen LogP contribution in [-0.4, -0.2) is 23.2 Å². The minimum absolute atomic E-state index is 0.456. The first kappa shape index (κ1) is 15.6. The molecule has 0 aliphatic heterocycles. The normalized spacial score (nSPS) is 17.2. The predicted octanol–water partition coefficient (Wildman–Crippen LogP) is 2.78. The number of rotatable bonds is 7. The van der Waals surface area contributed by atoms with Gasteiger partial charge < -0.3 is 4.74 Å². The fourth-order valence-corrected chi connectivity index (χ4v) is 1.68. The summed E-state index contributed by atoms with van der Waals surface area (Å²) in [5.41, 5.74) is -1.19. The minimum atomic E-state index is -0.642. The lowest BCUT2D eigenvalue weighted by atomic mass is 9.83. The standard InChI is InChI=1S/C13H21NO3/c1-6-11(16)17-13(5,8-3)9-12(4,7-2)14-10-15/h6H,1,7-9H2,2-5H3. The molecule has 2 atom stereocenters. The molecule has 0 saturated heterocycles. The highest BCUT2D eigenvalue weighted by Gasteiger charge is 2.35. The number of carbonyl (C=O) groups is 1. The van der Waals surface area contributed by atoms with Crippen molar-refractivity contribution in [1.29, 1.82) is 0 Å². The SMILES string of the molecule is C=CC(=O)OC(C)(CC)CC(C)(CC)N=C=O. The van der Waals surface area contributed by atoms with Gasteiger partial charge in [0.1, 0.15) is 5.60 Å². The summed E-state index contributed by atoms with van der Waals surface area (Å²) in [6.45, 7) is 10.9. The van der Waals surface area contributed by atoms with Crippen LogP contribution >= 0.6 is 0 Å². The predicted molar refractivity (Wildman–Crippen MR) is 66.4 cm³/mol. The summed E-state index contributed by atoms with van der Waals surface area (Å²) in [4.78, 5) is 25.5. The number of esters is 1. The Morgan fingerprint density at radius 1 is 1.41 bits per heavy atom. The number of ether oxygens (including phenoxy) is 1. The third kappa shape index (κ3) is 4.96. The Bertz CT molecular complexity index is 334. The molecule has 0 rings (SSSR count). The van der Waals surface area contributed by atoms with E-state index in [1.54, 1.807) is 6.08 Å². The molecular formula is C13H21NO3. The molecule has 0 aromatic rings. The summed E-state index contributed by atoms with van der Waals surface area (Å²) in [7, 11) is 0. The quantitative estimate of drug-likeness (QED) is 0.297. The third-order valence-electron chi connectivity index (χ3n) is 3.09. The Hall–Kier alpha value is -1.41. The maximum absolute atomic E-state index is 11.3. The maximum Gasteiger partial charge on any atom is 0.330 e. The van der Waals surface area contributed by atoms with Crippen LogP contribution in [0.15, 0.2) is 17.6 Å². The van der Waals surface area contributed by atoms with Gasteiger partial charge in [0.15, 0.2) is 0 Å². The zero-order chi connectivity index (χ0) is 13.5. The first-order chi connectivity index (χ1) is 7.84. The third-order valence-corrected chi connectivity index (χ3v) is 3.09. The van der Waals surface area contributed by atoms with Crippen molar-refractivity contribution in [3.05, 3.63) is 12.7 Å². The van der Waals surface area contributed by atoms with Crippen LogP contribution in [-0.2, 0) is 14.3 Å². The van der Waals surface area contributed by atoms with Gasteiger partial charge in [0.2, 0.25) is 6.08 Å². The second kappa shape index (κ2) is 6.36. The number of carbonyl (C=O) groups excluding carboxylic acids is 2. The average molecular weight is 239 g/mol. The van der Waals surface area contributed by atoms with Gasteiger partial charge in [-0.1, -0.05) is 20.4 Å². The Morgan fingerprint density at radius 2 is 2.00 bits per heavy atom. The van der Waals surface area contributed by atoms with Crippen molar-refractivity contribution in [2.45, 2.75) is 58.1 Å². The van der Waals surface area contributed by atoms with Gasteiger partial charge in [-0.2, -0.15) is 4.99 Å². The van der Waals surface area contributed by atoms with Gasteiger partial charge in [0, 0.05) is 12.5 Å². The first-order valence-corrected chi connectivity index (χ1v) is 5.79. The van der Waals surface area contributed by atoms with Gasteiger partial charge in [-0.15, -0.1) is 0 Å². The Kier molecular flexibility index (Phi) is 5.83. The van der Waals surface area contributed by atoms with Crippen molar-refractivity contribution < 1.29 is 14.3 Å². The molecule has 4 heteroatoms. The number of isocyanates is 1. The molecule has 0 spiro atoms. The van der Waals surface area contributed by atoms with E-state index in [9.17, 15) is 9.59 Å². The van der Waals surface area contributed by atoms with E-state index in [1.165, 1.54) is 0 Å². The van der Waals surface area contributed by atoms with Gasteiger partial charge in [0.25, 0.3) is 0 Å². The van der Waals surface area contributed by atoms with E-state index in [4.69, 9.17) is 4.74 Å². The molecule has 0 radical (unpaired) electrons. The van der Waals surface area contributed by atoms with E-state index >= 15 is 0 Å². The summed E-state index contributed by atoms with van der Waals surface area (Å²) in [6.07, 6.45) is 4.55. The van der Waals surface area contributed by atoms with Gasteiger partial charge in [-0.05, 0) is 26.7 Å². The van der Waals surface area contributed by atoms with E-state index in [0.717, 1.165) is 6.08 Å². The van der Waals surface area contributed by atoms with Crippen LogP contribution < -0.4 is 0 Å². The van der Waals surface area contributed by atoms with Crippen LogP contribution in [0.4, 0.5) is 0 Å². The zero-order valence-corrected chi connectivity index (χ0v) is 11.1. The van der Waals surface area contributed by atoms with Crippen LogP contribution in [0.25, 0.3) is 0 Å². The van der Waals surface area contributed by atoms with E-state index in [2.05, 4.69) is 11.6 Å². The van der Waals surface area contributed by atoms with Crippen LogP contribution in [0.5, 0.6) is 0 Å². The molecule has 0 fully saturated rings. The highest BCUT2D eigenvalue weighted by Crippen LogP contribution is 2.31. The lowest BCUT2D eigenvalue weighted by molar-refractivity contribution is -0.154. The molecule has 0 saturated carbocycles. The lowest BCUT2D eigenvalue weighted by Gasteiger charge is -2.34. The Labute approximate surface area is 103 Å². The van der Waals surface area contributed by atoms with Gasteiger partial charge >= 0.3 is 5.97 Å². The summed E-state index contributed by atoms with van der Waals surface area (Å²) in [6, 6.07) is 0. The Balaban J connectivity index is 4.93. The van der Waals surface area contributed by atoms with E-state index in [0.29, 0.717) is 19.3 Å². The van der Waals surface area contributed by atoms with E-state index in [1.807, 2.05) is 27.7 Å². The summed E-state index contributed by atoms with van der Waals surface area (Å²) in [5, 5.41) is 0. The molecule has 0 N–H and O–H groups in total. The summed E-state index contributed by atoms with van der Waals surface area (Å²) < 4.78 is 5.33. The van der Waals surface area contributed by atoms with Crippen molar-refractivity contribution in [1.82, 2.24) is 0 Å². The topological polar surface area (TPSA) is 55.7 Å². The van der Waals surface area contributed by atoms with Crippen LogP contribution in [0.2, 0.25) is 0 Å². The summed E-state index contributed by atoms with van der Waals surface area (Å²) in [5.74, 6) is -0.456.